The van der Waals surface area contributed by atoms with Crippen molar-refractivity contribution in [2.24, 2.45) is 0 Å². The average molecular weight is 558 g/mol. The SMILES string of the molecule is Cc1ccc(S(=O)(=O)N(CC(=O)N(Cc2ccccc2F)[C@H](C)C(=O)NC(C)(C)C)c2ccccc2F)cc1. The lowest BCUT2D eigenvalue weighted by Gasteiger charge is -2.33. The summed E-state index contributed by atoms with van der Waals surface area (Å²) in [7, 11) is -4.41. The molecule has 0 aliphatic rings. The highest BCUT2D eigenvalue weighted by molar-refractivity contribution is 7.92. The number of anilines is 1. The number of nitrogens with one attached hydrogen (secondary N) is 1. The van der Waals surface area contributed by atoms with Crippen molar-refractivity contribution in [1.29, 1.82) is 0 Å². The average Bonchev–Trinajstić information content (AvgIpc) is 2.86. The Balaban J connectivity index is 2.06. The highest BCUT2D eigenvalue weighted by Gasteiger charge is 2.34. The third-order valence-electron chi connectivity index (χ3n) is 5.97. The van der Waals surface area contributed by atoms with Crippen LogP contribution in [0.4, 0.5) is 14.5 Å². The first-order chi connectivity index (χ1) is 18.2. The van der Waals surface area contributed by atoms with Crippen LogP contribution in [0.25, 0.3) is 0 Å². The van der Waals surface area contributed by atoms with Crippen LogP contribution in [0.2, 0.25) is 0 Å². The maximum atomic E-state index is 14.9. The summed E-state index contributed by atoms with van der Waals surface area (Å²) in [5.41, 5.74) is 0.00726. The van der Waals surface area contributed by atoms with Crippen molar-refractivity contribution < 1.29 is 26.8 Å². The lowest BCUT2D eigenvalue weighted by molar-refractivity contribution is -0.140. The lowest BCUT2D eigenvalue weighted by Crippen LogP contribution is -2.54. The molecule has 0 aromatic heterocycles. The van der Waals surface area contributed by atoms with Crippen molar-refractivity contribution in [3.05, 3.63) is 95.6 Å². The van der Waals surface area contributed by atoms with Crippen molar-refractivity contribution in [3.8, 4) is 0 Å². The Kier molecular flexibility index (Phi) is 9.11. The Labute approximate surface area is 228 Å². The standard InChI is InChI=1S/C29H33F2N3O4S/c1-20-14-16-23(17-15-20)39(37,38)34(26-13-9-8-12-25(26)31)19-27(35)33(18-22-10-6-7-11-24(22)30)21(2)28(36)32-29(3,4)5/h6-17,21H,18-19H2,1-5H3,(H,32,36)/t21-/m1/s1. The van der Waals surface area contributed by atoms with E-state index in [4.69, 9.17) is 0 Å². The fourth-order valence-corrected chi connectivity index (χ4v) is 5.29. The summed E-state index contributed by atoms with van der Waals surface area (Å²) in [4.78, 5) is 27.8. The van der Waals surface area contributed by atoms with Crippen LogP contribution >= 0.6 is 0 Å². The van der Waals surface area contributed by atoms with Gasteiger partial charge in [0, 0.05) is 17.6 Å². The second-order valence-corrected chi connectivity index (χ2v) is 12.2. The summed E-state index contributed by atoms with van der Waals surface area (Å²) in [5.74, 6) is -2.75. The Bertz CT molecular complexity index is 1440. The number of hydrogen-bond acceptors (Lipinski definition) is 4. The van der Waals surface area contributed by atoms with E-state index >= 15 is 0 Å². The van der Waals surface area contributed by atoms with Crippen molar-refractivity contribution in [2.75, 3.05) is 10.8 Å². The van der Waals surface area contributed by atoms with E-state index in [1.54, 1.807) is 45.9 Å². The molecule has 10 heteroatoms. The van der Waals surface area contributed by atoms with Crippen LogP contribution in [0.1, 0.15) is 38.8 Å². The van der Waals surface area contributed by atoms with Crippen molar-refractivity contribution in [2.45, 2.75) is 57.6 Å². The van der Waals surface area contributed by atoms with Gasteiger partial charge >= 0.3 is 0 Å². The Hall–Kier alpha value is -3.79. The van der Waals surface area contributed by atoms with Crippen LogP contribution in [0.3, 0.4) is 0 Å². The summed E-state index contributed by atoms with van der Waals surface area (Å²) >= 11 is 0. The number of aryl methyl sites for hydroxylation is 1. The van der Waals surface area contributed by atoms with Crippen molar-refractivity contribution in [1.82, 2.24) is 10.2 Å². The zero-order valence-corrected chi connectivity index (χ0v) is 23.4. The van der Waals surface area contributed by atoms with Gasteiger partial charge in [-0.3, -0.25) is 13.9 Å². The summed E-state index contributed by atoms with van der Waals surface area (Å²) in [6, 6.07) is 15.8. The van der Waals surface area contributed by atoms with Crippen molar-refractivity contribution in [3.63, 3.8) is 0 Å². The molecule has 3 aromatic carbocycles. The van der Waals surface area contributed by atoms with Crippen LogP contribution in [0.15, 0.2) is 77.7 Å². The molecule has 0 radical (unpaired) electrons. The topological polar surface area (TPSA) is 86.8 Å². The number of benzene rings is 3. The van der Waals surface area contributed by atoms with Crippen LogP contribution in [0, 0.1) is 18.6 Å². The molecule has 3 aromatic rings. The summed E-state index contributed by atoms with van der Waals surface area (Å²) in [5, 5.41) is 2.79. The molecule has 0 aliphatic carbocycles. The van der Waals surface area contributed by atoms with Gasteiger partial charge in [-0.2, -0.15) is 0 Å². The first kappa shape index (κ1) is 29.8. The molecule has 7 nitrogen and oxygen atoms in total. The monoisotopic (exact) mass is 557 g/mol. The fourth-order valence-electron chi connectivity index (χ4n) is 3.87. The lowest BCUT2D eigenvalue weighted by atomic mass is 10.1. The number of hydrogen-bond donors (Lipinski definition) is 1. The molecule has 1 atom stereocenters. The molecular formula is C29H33F2N3O4S. The normalized spacial score (nSPS) is 12.5. The molecule has 0 fully saturated rings. The molecule has 208 valence electrons. The maximum absolute atomic E-state index is 14.9. The van der Waals surface area contributed by atoms with Gasteiger partial charge in [0.2, 0.25) is 11.8 Å². The molecule has 0 spiro atoms. The van der Waals surface area contributed by atoms with E-state index in [-0.39, 0.29) is 22.7 Å². The number of halogens is 2. The smallest absolute Gasteiger partial charge is 0.264 e. The molecule has 2 amide bonds. The molecule has 1 N–H and O–H groups in total. The molecule has 0 unspecified atom stereocenters. The third kappa shape index (κ3) is 7.41. The predicted molar refractivity (Wildman–Crippen MR) is 146 cm³/mol. The van der Waals surface area contributed by atoms with Crippen LogP contribution in [-0.4, -0.2) is 43.3 Å². The molecular weight excluding hydrogens is 524 g/mol. The Morgan fingerprint density at radius 1 is 0.897 bits per heavy atom. The number of rotatable bonds is 9. The van der Waals surface area contributed by atoms with Crippen molar-refractivity contribution >= 4 is 27.5 Å². The number of amides is 2. The van der Waals surface area contributed by atoms with Gasteiger partial charge in [-0.1, -0.05) is 48.0 Å². The second kappa shape index (κ2) is 11.9. The zero-order chi connectivity index (χ0) is 29.0. The van der Waals surface area contributed by atoms with E-state index < -0.39 is 51.6 Å². The summed E-state index contributed by atoms with van der Waals surface area (Å²) in [6.45, 7) is 7.46. The van der Waals surface area contributed by atoms with E-state index in [1.165, 1.54) is 55.5 Å². The molecule has 0 saturated heterocycles. The van der Waals surface area contributed by atoms with Gasteiger partial charge < -0.3 is 10.2 Å². The maximum Gasteiger partial charge on any atom is 0.264 e. The van der Waals surface area contributed by atoms with Crippen LogP contribution < -0.4 is 9.62 Å². The second-order valence-electron chi connectivity index (χ2n) is 10.3. The number of sulfonamides is 1. The van der Waals surface area contributed by atoms with E-state index in [1.807, 2.05) is 0 Å². The number of carbonyl (C=O) groups is 2. The van der Waals surface area contributed by atoms with E-state index in [2.05, 4.69) is 5.32 Å². The number of nitrogens with zero attached hydrogens (tertiary/aromatic N) is 2. The van der Waals surface area contributed by atoms with E-state index in [9.17, 15) is 26.8 Å². The van der Waals surface area contributed by atoms with Crippen LogP contribution in [-0.2, 0) is 26.2 Å². The summed E-state index contributed by atoms with van der Waals surface area (Å²) < 4.78 is 57.6. The molecule has 3 rings (SSSR count). The first-order valence-electron chi connectivity index (χ1n) is 12.4. The minimum Gasteiger partial charge on any atom is -0.350 e. The van der Waals surface area contributed by atoms with Gasteiger partial charge in [-0.15, -0.1) is 0 Å². The fraction of sp³-hybridized carbons (Fsp3) is 0.310. The molecule has 0 heterocycles. The van der Waals surface area contributed by atoms with Gasteiger partial charge in [-0.05, 0) is 65.0 Å². The molecule has 39 heavy (non-hydrogen) atoms. The highest BCUT2D eigenvalue weighted by Crippen LogP contribution is 2.27. The Morgan fingerprint density at radius 3 is 2.03 bits per heavy atom. The van der Waals surface area contributed by atoms with Gasteiger partial charge in [0.05, 0.1) is 10.6 Å². The first-order valence-corrected chi connectivity index (χ1v) is 13.8. The number of para-hydroxylation sites is 1. The van der Waals surface area contributed by atoms with E-state index in [0.29, 0.717) is 4.31 Å². The largest absolute Gasteiger partial charge is 0.350 e. The van der Waals surface area contributed by atoms with E-state index in [0.717, 1.165) is 16.5 Å². The molecule has 0 aliphatic heterocycles. The Morgan fingerprint density at radius 2 is 1.46 bits per heavy atom. The minimum absolute atomic E-state index is 0.136. The van der Waals surface area contributed by atoms with Crippen LogP contribution in [0.5, 0.6) is 0 Å². The zero-order valence-electron chi connectivity index (χ0n) is 22.6. The van der Waals surface area contributed by atoms with Gasteiger partial charge in [0.15, 0.2) is 0 Å². The third-order valence-corrected chi connectivity index (χ3v) is 7.75. The predicted octanol–water partition coefficient (Wildman–Crippen LogP) is 4.80. The number of carbonyl (C=O) groups excluding carboxylic acids is 2. The highest BCUT2D eigenvalue weighted by atomic mass is 32.2. The van der Waals surface area contributed by atoms with Gasteiger partial charge in [-0.25, -0.2) is 17.2 Å². The van der Waals surface area contributed by atoms with Gasteiger partial charge in [0.1, 0.15) is 24.2 Å². The van der Waals surface area contributed by atoms with Gasteiger partial charge in [0.25, 0.3) is 10.0 Å². The molecule has 0 bridgehead atoms. The molecule has 0 saturated carbocycles. The minimum atomic E-state index is -4.41. The quantitative estimate of drug-likeness (QED) is 0.410. The summed E-state index contributed by atoms with van der Waals surface area (Å²) in [6.07, 6.45) is 0.